The van der Waals surface area contributed by atoms with Gasteiger partial charge in [0, 0.05) is 12.5 Å². The molecule has 0 saturated heterocycles. The molecule has 1 unspecified atom stereocenters. The number of furan rings is 1. The second-order valence-corrected chi connectivity index (χ2v) is 3.89. The molecule has 2 rings (SSSR count). The van der Waals surface area contributed by atoms with E-state index in [2.05, 4.69) is 5.32 Å². The molecule has 0 spiro atoms. The zero-order valence-corrected chi connectivity index (χ0v) is 9.93. The third-order valence-electron chi connectivity index (χ3n) is 2.63. The maximum absolute atomic E-state index is 5.70. The summed E-state index contributed by atoms with van der Waals surface area (Å²) in [5.74, 6) is 1.87. The Hall–Kier alpha value is -1.74. The standard InChI is InChI=1S/C14H17NO2/c1-15-12(10-14-8-5-9-16-14)11-17-13-6-3-2-4-7-13/h2-9,12,15H,10-11H2,1H3. The molecule has 0 radical (unpaired) electrons. The van der Waals surface area contributed by atoms with Gasteiger partial charge in [-0.2, -0.15) is 0 Å². The quantitative estimate of drug-likeness (QED) is 0.829. The van der Waals surface area contributed by atoms with Gasteiger partial charge in [-0.25, -0.2) is 0 Å². The first-order valence-electron chi connectivity index (χ1n) is 5.76. The van der Waals surface area contributed by atoms with E-state index < -0.39 is 0 Å². The molecule has 0 saturated carbocycles. The van der Waals surface area contributed by atoms with Crippen LogP contribution in [0.4, 0.5) is 0 Å². The fourth-order valence-electron chi connectivity index (χ4n) is 1.63. The fraction of sp³-hybridized carbons (Fsp3) is 0.286. The zero-order chi connectivity index (χ0) is 11.9. The van der Waals surface area contributed by atoms with E-state index in [0.29, 0.717) is 6.61 Å². The van der Waals surface area contributed by atoms with Crippen LogP contribution in [0.25, 0.3) is 0 Å². The molecule has 3 nitrogen and oxygen atoms in total. The topological polar surface area (TPSA) is 34.4 Å². The second kappa shape index (κ2) is 6.11. The van der Waals surface area contributed by atoms with Crippen LogP contribution < -0.4 is 10.1 Å². The van der Waals surface area contributed by atoms with Gasteiger partial charge < -0.3 is 14.5 Å². The Morgan fingerprint density at radius 3 is 2.65 bits per heavy atom. The lowest BCUT2D eigenvalue weighted by Crippen LogP contribution is -2.33. The van der Waals surface area contributed by atoms with Crippen LogP contribution >= 0.6 is 0 Å². The Morgan fingerprint density at radius 1 is 1.18 bits per heavy atom. The summed E-state index contributed by atoms with van der Waals surface area (Å²) >= 11 is 0. The van der Waals surface area contributed by atoms with E-state index in [1.165, 1.54) is 0 Å². The van der Waals surface area contributed by atoms with Crippen LogP contribution in [-0.4, -0.2) is 19.7 Å². The number of ether oxygens (including phenoxy) is 1. The Morgan fingerprint density at radius 2 is 2.00 bits per heavy atom. The van der Waals surface area contributed by atoms with Gasteiger partial charge in [-0.3, -0.25) is 0 Å². The molecule has 0 bridgehead atoms. The van der Waals surface area contributed by atoms with Crippen molar-refractivity contribution in [1.29, 1.82) is 0 Å². The molecule has 0 fully saturated rings. The minimum Gasteiger partial charge on any atom is -0.492 e. The van der Waals surface area contributed by atoms with Gasteiger partial charge in [0.1, 0.15) is 18.1 Å². The molecular weight excluding hydrogens is 214 g/mol. The average molecular weight is 231 g/mol. The maximum atomic E-state index is 5.70. The Labute approximate surface area is 101 Å². The molecule has 0 aliphatic rings. The number of para-hydroxylation sites is 1. The smallest absolute Gasteiger partial charge is 0.119 e. The lowest BCUT2D eigenvalue weighted by atomic mass is 10.2. The van der Waals surface area contributed by atoms with E-state index in [1.807, 2.05) is 49.5 Å². The van der Waals surface area contributed by atoms with Crippen LogP contribution in [0.2, 0.25) is 0 Å². The van der Waals surface area contributed by atoms with Crippen molar-refractivity contribution in [3.05, 3.63) is 54.5 Å². The summed E-state index contributed by atoms with van der Waals surface area (Å²) in [6, 6.07) is 14.0. The van der Waals surface area contributed by atoms with Crippen molar-refractivity contribution in [2.75, 3.05) is 13.7 Å². The Bertz CT molecular complexity index is 411. The maximum Gasteiger partial charge on any atom is 0.119 e. The van der Waals surface area contributed by atoms with Gasteiger partial charge in [0.25, 0.3) is 0 Å². The van der Waals surface area contributed by atoms with Gasteiger partial charge >= 0.3 is 0 Å². The molecule has 1 aromatic heterocycles. The number of nitrogens with one attached hydrogen (secondary N) is 1. The van der Waals surface area contributed by atoms with Crippen LogP contribution in [0.5, 0.6) is 5.75 Å². The number of rotatable bonds is 6. The molecule has 90 valence electrons. The summed E-state index contributed by atoms with van der Waals surface area (Å²) in [6.07, 6.45) is 2.52. The number of hydrogen-bond donors (Lipinski definition) is 1. The minimum atomic E-state index is 0.251. The van der Waals surface area contributed by atoms with E-state index in [4.69, 9.17) is 9.15 Å². The summed E-state index contributed by atoms with van der Waals surface area (Å²) in [5.41, 5.74) is 0. The van der Waals surface area contributed by atoms with Crippen LogP contribution in [0.15, 0.2) is 53.1 Å². The fourth-order valence-corrected chi connectivity index (χ4v) is 1.63. The largest absolute Gasteiger partial charge is 0.492 e. The third-order valence-corrected chi connectivity index (χ3v) is 2.63. The lowest BCUT2D eigenvalue weighted by Gasteiger charge is -2.15. The van der Waals surface area contributed by atoms with Gasteiger partial charge in [0.05, 0.1) is 6.26 Å². The highest BCUT2D eigenvalue weighted by atomic mass is 16.5. The van der Waals surface area contributed by atoms with Crippen molar-refractivity contribution < 1.29 is 9.15 Å². The highest BCUT2D eigenvalue weighted by molar-refractivity contribution is 5.21. The summed E-state index contributed by atoms with van der Waals surface area (Å²) < 4.78 is 11.0. The lowest BCUT2D eigenvalue weighted by molar-refractivity contribution is 0.263. The van der Waals surface area contributed by atoms with E-state index in [0.717, 1.165) is 17.9 Å². The molecule has 2 aromatic rings. The first-order valence-corrected chi connectivity index (χ1v) is 5.76. The number of benzene rings is 1. The van der Waals surface area contributed by atoms with Crippen molar-refractivity contribution in [1.82, 2.24) is 5.32 Å². The number of likely N-dealkylation sites (N-methyl/N-ethyl adjacent to an activating group) is 1. The predicted molar refractivity (Wildman–Crippen MR) is 67.2 cm³/mol. The highest BCUT2D eigenvalue weighted by Crippen LogP contribution is 2.10. The third kappa shape index (κ3) is 3.64. The molecule has 0 amide bonds. The SMILES string of the molecule is CNC(COc1ccccc1)Cc1ccco1. The molecule has 17 heavy (non-hydrogen) atoms. The van der Waals surface area contributed by atoms with Crippen LogP contribution in [0.3, 0.4) is 0 Å². The predicted octanol–water partition coefficient (Wildman–Crippen LogP) is 2.49. The molecule has 0 aliphatic heterocycles. The van der Waals surface area contributed by atoms with Gasteiger partial charge in [0.2, 0.25) is 0 Å². The van der Waals surface area contributed by atoms with Crippen molar-refractivity contribution in [2.24, 2.45) is 0 Å². The summed E-state index contributed by atoms with van der Waals surface area (Å²) in [5, 5.41) is 3.23. The van der Waals surface area contributed by atoms with E-state index in [9.17, 15) is 0 Å². The van der Waals surface area contributed by atoms with E-state index >= 15 is 0 Å². The van der Waals surface area contributed by atoms with Crippen molar-refractivity contribution in [2.45, 2.75) is 12.5 Å². The van der Waals surface area contributed by atoms with Gasteiger partial charge in [-0.1, -0.05) is 18.2 Å². The summed E-state index contributed by atoms with van der Waals surface area (Å²) in [4.78, 5) is 0. The van der Waals surface area contributed by atoms with E-state index in [1.54, 1.807) is 6.26 Å². The number of hydrogen-bond acceptors (Lipinski definition) is 3. The van der Waals surface area contributed by atoms with Crippen LogP contribution in [0, 0.1) is 0 Å². The monoisotopic (exact) mass is 231 g/mol. The molecule has 1 atom stereocenters. The van der Waals surface area contributed by atoms with Gasteiger partial charge in [-0.05, 0) is 31.3 Å². The normalized spacial score (nSPS) is 12.3. The van der Waals surface area contributed by atoms with Crippen LogP contribution in [-0.2, 0) is 6.42 Å². The molecule has 0 aliphatic carbocycles. The first kappa shape index (κ1) is 11.7. The van der Waals surface area contributed by atoms with Crippen molar-refractivity contribution in [3.63, 3.8) is 0 Å². The van der Waals surface area contributed by atoms with Crippen molar-refractivity contribution >= 4 is 0 Å². The average Bonchev–Trinajstić information content (AvgIpc) is 2.88. The Kier molecular flexibility index (Phi) is 4.22. The molecule has 1 heterocycles. The second-order valence-electron chi connectivity index (χ2n) is 3.89. The van der Waals surface area contributed by atoms with Gasteiger partial charge in [-0.15, -0.1) is 0 Å². The molecule has 3 heteroatoms. The van der Waals surface area contributed by atoms with Crippen LogP contribution in [0.1, 0.15) is 5.76 Å². The molecular formula is C14H17NO2. The van der Waals surface area contributed by atoms with E-state index in [-0.39, 0.29) is 6.04 Å². The highest BCUT2D eigenvalue weighted by Gasteiger charge is 2.09. The minimum absolute atomic E-state index is 0.251. The molecule has 1 aromatic carbocycles. The van der Waals surface area contributed by atoms with Crippen molar-refractivity contribution in [3.8, 4) is 5.75 Å². The summed E-state index contributed by atoms with van der Waals surface area (Å²) in [7, 11) is 1.93. The van der Waals surface area contributed by atoms with Gasteiger partial charge in [0.15, 0.2) is 0 Å². The summed E-state index contributed by atoms with van der Waals surface area (Å²) in [6.45, 7) is 0.626. The zero-order valence-electron chi connectivity index (χ0n) is 9.93. The Balaban J connectivity index is 1.84. The molecule has 1 N–H and O–H groups in total. The first-order chi connectivity index (χ1) is 8.38.